The second-order valence-electron chi connectivity index (χ2n) is 6.89. The molecule has 1 aliphatic heterocycles. The minimum Gasteiger partial charge on any atom is -0.351 e. The number of carbonyl (C=O) groups is 1. The zero-order valence-corrected chi connectivity index (χ0v) is 15.2. The molecule has 0 spiro atoms. The third kappa shape index (κ3) is 4.45. The van der Waals surface area contributed by atoms with Crippen molar-refractivity contribution < 1.29 is 9.32 Å². The van der Waals surface area contributed by atoms with Gasteiger partial charge in [0.05, 0.1) is 12.0 Å². The molecule has 6 nitrogen and oxygen atoms in total. The molecule has 25 heavy (non-hydrogen) atoms. The van der Waals surface area contributed by atoms with E-state index in [0.29, 0.717) is 18.3 Å². The zero-order chi connectivity index (χ0) is 17.8. The van der Waals surface area contributed by atoms with Gasteiger partial charge >= 0.3 is 0 Å². The summed E-state index contributed by atoms with van der Waals surface area (Å²) in [5.74, 6) is 1.62. The number of amides is 1. The van der Waals surface area contributed by atoms with E-state index in [1.165, 1.54) is 5.56 Å². The standard InChI is InChI=1S/C19H26N4O2/c1-13-6-8-16(9-7-13)11-20-18(24)14(2)23-10-4-5-17(12-23)19-21-15(3)22-25-19/h6-9,14,17H,4-5,10-12H2,1-3H3,(H,20,24)/t14-,17+/m1/s1. The molecule has 0 saturated carbocycles. The van der Waals surface area contributed by atoms with Crippen molar-refractivity contribution in [1.82, 2.24) is 20.4 Å². The molecule has 2 aromatic rings. The Morgan fingerprint density at radius 3 is 2.80 bits per heavy atom. The molecular formula is C19H26N4O2. The van der Waals surface area contributed by atoms with Crippen LogP contribution in [0, 0.1) is 13.8 Å². The molecule has 3 rings (SSSR count). The summed E-state index contributed by atoms with van der Waals surface area (Å²) in [4.78, 5) is 19.1. The minimum absolute atomic E-state index is 0.0583. The third-order valence-electron chi connectivity index (χ3n) is 4.86. The normalized spacial score (nSPS) is 19.6. The highest BCUT2D eigenvalue weighted by molar-refractivity contribution is 5.81. The molecule has 0 radical (unpaired) electrons. The lowest BCUT2D eigenvalue weighted by molar-refractivity contribution is -0.126. The largest absolute Gasteiger partial charge is 0.351 e. The number of nitrogens with zero attached hydrogens (tertiary/aromatic N) is 3. The quantitative estimate of drug-likeness (QED) is 0.904. The maximum Gasteiger partial charge on any atom is 0.237 e. The Morgan fingerprint density at radius 2 is 2.12 bits per heavy atom. The summed E-state index contributed by atoms with van der Waals surface area (Å²) in [6.07, 6.45) is 2.05. The number of hydrogen-bond donors (Lipinski definition) is 1. The Labute approximate surface area is 148 Å². The van der Waals surface area contributed by atoms with E-state index in [9.17, 15) is 4.79 Å². The van der Waals surface area contributed by atoms with E-state index in [1.807, 2.05) is 13.8 Å². The summed E-state index contributed by atoms with van der Waals surface area (Å²) >= 11 is 0. The van der Waals surface area contributed by atoms with Crippen molar-refractivity contribution in [2.45, 2.75) is 52.1 Å². The van der Waals surface area contributed by atoms with Gasteiger partial charge in [0.15, 0.2) is 5.82 Å². The Balaban J connectivity index is 1.54. The molecule has 2 atom stereocenters. The lowest BCUT2D eigenvalue weighted by Gasteiger charge is -2.34. The number of hydrogen-bond acceptors (Lipinski definition) is 5. The van der Waals surface area contributed by atoms with Crippen LogP contribution in [0.3, 0.4) is 0 Å². The summed E-state index contributed by atoms with van der Waals surface area (Å²) in [6.45, 7) is 8.11. The minimum atomic E-state index is -0.169. The molecule has 2 heterocycles. The van der Waals surface area contributed by atoms with Crippen LogP contribution in [0.25, 0.3) is 0 Å². The van der Waals surface area contributed by atoms with Gasteiger partial charge < -0.3 is 9.84 Å². The number of nitrogens with one attached hydrogen (secondary N) is 1. The van der Waals surface area contributed by atoms with Crippen molar-refractivity contribution in [1.29, 1.82) is 0 Å². The second kappa shape index (κ2) is 7.78. The monoisotopic (exact) mass is 342 g/mol. The van der Waals surface area contributed by atoms with Crippen LogP contribution in [0.5, 0.6) is 0 Å². The van der Waals surface area contributed by atoms with Gasteiger partial charge in [-0.3, -0.25) is 9.69 Å². The predicted molar refractivity (Wildman–Crippen MR) is 95.1 cm³/mol. The molecule has 1 aromatic carbocycles. The van der Waals surface area contributed by atoms with E-state index in [4.69, 9.17) is 4.52 Å². The summed E-state index contributed by atoms with van der Waals surface area (Å²) in [5.41, 5.74) is 2.34. The summed E-state index contributed by atoms with van der Waals surface area (Å²) in [7, 11) is 0. The molecule has 0 unspecified atom stereocenters. The fraction of sp³-hybridized carbons (Fsp3) is 0.526. The zero-order valence-electron chi connectivity index (χ0n) is 15.2. The van der Waals surface area contributed by atoms with E-state index >= 15 is 0 Å². The summed E-state index contributed by atoms with van der Waals surface area (Å²) in [6, 6.07) is 8.06. The number of aryl methyl sites for hydroxylation is 2. The number of rotatable bonds is 5. The summed E-state index contributed by atoms with van der Waals surface area (Å²) in [5, 5.41) is 6.92. The Kier molecular flexibility index (Phi) is 5.48. The Bertz CT molecular complexity index is 710. The SMILES string of the molecule is Cc1ccc(CNC(=O)[C@@H](C)N2CCC[C@H](c3nc(C)no3)C2)cc1. The van der Waals surface area contributed by atoms with Gasteiger partial charge in [0.2, 0.25) is 11.8 Å². The molecule has 1 amide bonds. The van der Waals surface area contributed by atoms with Crippen molar-refractivity contribution >= 4 is 5.91 Å². The molecule has 1 aliphatic rings. The van der Waals surface area contributed by atoms with E-state index in [-0.39, 0.29) is 17.9 Å². The van der Waals surface area contributed by atoms with Gasteiger partial charge in [0.25, 0.3) is 0 Å². The van der Waals surface area contributed by atoms with Gasteiger partial charge in [0, 0.05) is 13.1 Å². The van der Waals surface area contributed by atoms with E-state index in [0.717, 1.165) is 31.5 Å². The van der Waals surface area contributed by atoms with Crippen LogP contribution in [0.1, 0.15) is 48.5 Å². The fourth-order valence-electron chi connectivity index (χ4n) is 3.25. The molecular weight excluding hydrogens is 316 g/mol. The van der Waals surface area contributed by atoms with Crippen molar-refractivity contribution in [3.8, 4) is 0 Å². The lowest BCUT2D eigenvalue weighted by Crippen LogP contribution is -2.48. The molecule has 1 aromatic heterocycles. The number of aromatic nitrogens is 2. The molecule has 0 aliphatic carbocycles. The van der Waals surface area contributed by atoms with Gasteiger partial charge in [-0.2, -0.15) is 4.98 Å². The average Bonchev–Trinajstić information content (AvgIpc) is 3.07. The van der Waals surface area contributed by atoms with E-state index in [2.05, 4.69) is 51.5 Å². The topological polar surface area (TPSA) is 71.3 Å². The van der Waals surface area contributed by atoms with Gasteiger partial charge in [-0.1, -0.05) is 35.0 Å². The maximum atomic E-state index is 12.5. The van der Waals surface area contributed by atoms with Crippen LogP contribution in [-0.4, -0.2) is 40.1 Å². The van der Waals surface area contributed by atoms with Crippen LogP contribution < -0.4 is 5.32 Å². The highest BCUT2D eigenvalue weighted by Crippen LogP contribution is 2.26. The predicted octanol–water partition coefficient (Wildman–Crippen LogP) is 2.57. The first-order chi connectivity index (χ1) is 12.0. The van der Waals surface area contributed by atoms with Gasteiger partial charge in [-0.25, -0.2) is 0 Å². The first-order valence-electron chi connectivity index (χ1n) is 8.90. The van der Waals surface area contributed by atoms with Crippen molar-refractivity contribution in [2.24, 2.45) is 0 Å². The molecule has 0 bridgehead atoms. The Morgan fingerprint density at radius 1 is 1.36 bits per heavy atom. The molecule has 1 saturated heterocycles. The highest BCUT2D eigenvalue weighted by Gasteiger charge is 2.30. The first-order valence-corrected chi connectivity index (χ1v) is 8.90. The maximum absolute atomic E-state index is 12.5. The van der Waals surface area contributed by atoms with Gasteiger partial charge in [-0.05, 0) is 45.7 Å². The smallest absolute Gasteiger partial charge is 0.237 e. The van der Waals surface area contributed by atoms with Crippen molar-refractivity contribution in [3.63, 3.8) is 0 Å². The number of likely N-dealkylation sites (tertiary alicyclic amines) is 1. The van der Waals surface area contributed by atoms with Crippen LogP contribution in [-0.2, 0) is 11.3 Å². The molecule has 1 fully saturated rings. The van der Waals surface area contributed by atoms with Crippen LogP contribution >= 0.6 is 0 Å². The number of carbonyl (C=O) groups excluding carboxylic acids is 1. The second-order valence-corrected chi connectivity index (χ2v) is 6.89. The molecule has 134 valence electrons. The molecule has 6 heteroatoms. The third-order valence-corrected chi connectivity index (χ3v) is 4.86. The van der Waals surface area contributed by atoms with Crippen molar-refractivity contribution in [3.05, 3.63) is 47.1 Å². The highest BCUT2D eigenvalue weighted by atomic mass is 16.5. The first kappa shape index (κ1) is 17.6. The lowest BCUT2D eigenvalue weighted by atomic mass is 9.96. The van der Waals surface area contributed by atoms with Crippen LogP contribution in [0.2, 0.25) is 0 Å². The fourth-order valence-corrected chi connectivity index (χ4v) is 3.25. The van der Waals surface area contributed by atoms with Gasteiger partial charge in [0.1, 0.15) is 0 Å². The van der Waals surface area contributed by atoms with E-state index < -0.39 is 0 Å². The summed E-state index contributed by atoms with van der Waals surface area (Å²) < 4.78 is 5.32. The number of piperidine rings is 1. The molecule has 1 N–H and O–H groups in total. The van der Waals surface area contributed by atoms with Crippen LogP contribution in [0.15, 0.2) is 28.8 Å². The number of benzene rings is 1. The Hall–Kier alpha value is -2.21. The average molecular weight is 342 g/mol. The van der Waals surface area contributed by atoms with Crippen molar-refractivity contribution in [2.75, 3.05) is 13.1 Å². The van der Waals surface area contributed by atoms with E-state index in [1.54, 1.807) is 0 Å². The van der Waals surface area contributed by atoms with Crippen LogP contribution in [0.4, 0.5) is 0 Å². The van der Waals surface area contributed by atoms with Gasteiger partial charge in [-0.15, -0.1) is 0 Å².